The molecule has 0 saturated heterocycles. The van der Waals surface area contributed by atoms with Crippen LogP contribution in [0, 0.1) is 0 Å². The zero-order valence-electron chi connectivity index (χ0n) is 5.58. The molecule has 1 aromatic heterocycles. The Morgan fingerprint density at radius 3 is 2.60 bits per heavy atom. The topological polar surface area (TPSA) is 51.8 Å². The summed E-state index contributed by atoms with van der Waals surface area (Å²) in [5.74, 6) is 0. The summed E-state index contributed by atoms with van der Waals surface area (Å²) in [7, 11) is 0. The summed E-state index contributed by atoms with van der Waals surface area (Å²) in [5, 5.41) is 7.64. The van der Waals surface area contributed by atoms with Crippen LogP contribution in [0.25, 0.3) is 0 Å². The highest BCUT2D eigenvalue weighted by molar-refractivity contribution is 9.10. The Morgan fingerprint density at radius 1 is 1.50 bits per heavy atom. The molecular formula is C6H8BrN3. The predicted molar refractivity (Wildman–Crippen MR) is 42.3 cm³/mol. The Morgan fingerprint density at radius 2 is 2.20 bits per heavy atom. The van der Waals surface area contributed by atoms with Gasteiger partial charge >= 0.3 is 0 Å². The first kappa shape index (κ1) is 7.63. The van der Waals surface area contributed by atoms with Crippen LogP contribution < -0.4 is 5.73 Å². The molecule has 0 radical (unpaired) electrons. The Labute approximate surface area is 67.8 Å². The summed E-state index contributed by atoms with van der Waals surface area (Å²) in [4.78, 5) is 0. The van der Waals surface area contributed by atoms with Gasteiger partial charge in [-0.25, -0.2) is 0 Å². The van der Waals surface area contributed by atoms with Gasteiger partial charge in [-0.15, -0.1) is 5.10 Å². The lowest BCUT2D eigenvalue weighted by Crippen LogP contribution is -2.07. The van der Waals surface area contributed by atoms with Crippen molar-refractivity contribution in [3.05, 3.63) is 22.4 Å². The van der Waals surface area contributed by atoms with Crippen molar-refractivity contribution in [1.82, 2.24) is 10.2 Å². The maximum atomic E-state index is 5.55. The van der Waals surface area contributed by atoms with Crippen molar-refractivity contribution >= 4 is 15.9 Å². The minimum atomic E-state index is -0.0411. The molecule has 0 bridgehead atoms. The molecule has 0 aliphatic carbocycles. The van der Waals surface area contributed by atoms with E-state index in [4.69, 9.17) is 5.73 Å². The molecule has 4 heteroatoms. The van der Waals surface area contributed by atoms with Gasteiger partial charge < -0.3 is 5.73 Å². The van der Waals surface area contributed by atoms with Crippen molar-refractivity contribution in [1.29, 1.82) is 0 Å². The molecule has 0 fully saturated rings. The summed E-state index contributed by atoms with van der Waals surface area (Å²) in [5.41, 5.74) is 6.35. The van der Waals surface area contributed by atoms with Gasteiger partial charge in [0.1, 0.15) is 4.60 Å². The molecule has 1 heterocycles. The lowest BCUT2D eigenvalue weighted by atomic mass is 10.2. The SMILES string of the molecule is CC(N)c1ccc(Br)nn1. The molecule has 1 aromatic rings. The molecule has 1 unspecified atom stereocenters. The Balaban J connectivity index is 2.89. The first-order chi connectivity index (χ1) is 4.70. The fraction of sp³-hybridized carbons (Fsp3) is 0.333. The highest BCUT2D eigenvalue weighted by atomic mass is 79.9. The average molecular weight is 202 g/mol. The van der Waals surface area contributed by atoms with E-state index in [1.807, 2.05) is 19.1 Å². The van der Waals surface area contributed by atoms with Crippen LogP contribution in [0.2, 0.25) is 0 Å². The van der Waals surface area contributed by atoms with E-state index in [-0.39, 0.29) is 6.04 Å². The third-order valence-corrected chi connectivity index (χ3v) is 1.54. The van der Waals surface area contributed by atoms with Gasteiger partial charge in [0.15, 0.2) is 0 Å². The lowest BCUT2D eigenvalue weighted by molar-refractivity contribution is 0.748. The number of hydrogen-bond donors (Lipinski definition) is 1. The Bertz CT molecular complexity index is 207. The molecule has 3 nitrogen and oxygen atoms in total. The highest BCUT2D eigenvalue weighted by Crippen LogP contribution is 2.07. The number of nitrogens with two attached hydrogens (primary N) is 1. The monoisotopic (exact) mass is 201 g/mol. The second-order valence-electron chi connectivity index (χ2n) is 2.07. The molecule has 2 N–H and O–H groups in total. The van der Waals surface area contributed by atoms with Crippen molar-refractivity contribution in [3.63, 3.8) is 0 Å². The van der Waals surface area contributed by atoms with Gasteiger partial charge in [-0.3, -0.25) is 0 Å². The smallest absolute Gasteiger partial charge is 0.128 e. The van der Waals surface area contributed by atoms with Crippen LogP contribution in [-0.2, 0) is 0 Å². The molecule has 1 atom stereocenters. The molecule has 1 rings (SSSR count). The van der Waals surface area contributed by atoms with E-state index in [0.717, 1.165) is 10.3 Å². The van der Waals surface area contributed by atoms with Crippen LogP contribution in [0.15, 0.2) is 16.7 Å². The summed E-state index contributed by atoms with van der Waals surface area (Å²) >= 11 is 3.18. The molecule has 0 aromatic carbocycles. The van der Waals surface area contributed by atoms with Crippen LogP contribution in [0.4, 0.5) is 0 Å². The van der Waals surface area contributed by atoms with Gasteiger partial charge in [0.2, 0.25) is 0 Å². The number of halogens is 1. The third-order valence-electron chi connectivity index (χ3n) is 1.12. The van der Waals surface area contributed by atoms with Crippen molar-refractivity contribution < 1.29 is 0 Å². The molecule has 0 amide bonds. The largest absolute Gasteiger partial charge is 0.323 e. The zero-order chi connectivity index (χ0) is 7.56. The van der Waals surface area contributed by atoms with E-state index in [1.54, 1.807) is 0 Å². The van der Waals surface area contributed by atoms with Gasteiger partial charge in [0.25, 0.3) is 0 Å². The number of rotatable bonds is 1. The van der Waals surface area contributed by atoms with Crippen LogP contribution in [-0.4, -0.2) is 10.2 Å². The van der Waals surface area contributed by atoms with Crippen LogP contribution >= 0.6 is 15.9 Å². The third kappa shape index (κ3) is 1.75. The summed E-state index contributed by atoms with van der Waals surface area (Å²) in [6.45, 7) is 1.87. The maximum Gasteiger partial charge on any atom is 0.128 e. The summed E-state index contributed by atoms with van der Waals surface area (Å²) in [6.07, 6.45) is 0. The second-order valence-corrected chi connectivity index (χ2v) is 2.88. The Kier molecular flexibility index (Phi) is 2.34. The fourth-order valence-corrected chi connectivity index (χ4v) is 0.781. The van der Waals surface area contributed by atoms with E-state index in [0.29, 0.717) is 0 Å². The molecular weight excluding hydrogens is 194 g/mol. The first-order valence-electron chi connectivity index (χ1n) is 2.95. The van der Waals surface area contributed by atoms with Crippen LogP contribution in [0.1, 0.15) is 18.7 Å². The summed E-state index contributed by atoms with van der Waals surface area (Å²) < 4.78 is 0.733. The standard InChI is InChI=1S/C6H8BrN3/c1-4(8)5-2-3-6(7)10-9-5/h2-4H,8H2,1H3. The minimum absolute atomic E-state index is 0.0411. The van der Waals surface area contributed by atoms with Crippen molar-refractivity contribution in [3.8, 4) is 0 Å². The average Bonchev–Trinajstić information content (AvgIpc) is 1.88. The van der Waals surface area contributed by atoms with E-state index in [1.165, 1.54) is 0 Å². The minimum Gasteiger partial charge on any atom is -0.323 e. The predicted octanol–water partition coefficient (Wildman–Crippen LogP) is 1.26. The van der Waals surface area contributed by atoms with E-state index < -0.39 is 0 Å². The van der Waals surface area contributed by atoms with Crippen molar-refractivity contribution in [2.45, 2.75) is 13.0 Å². The number of aromatic nitrogens is 2. The van der Waals surface area contributed by atoms with Crippen LogP contribution in [0.5, 0.6) is 0 Å². The van der Waals surface area contributed by atoms with Gasteiger partial charge in [-0.05, 0) is 35.0 Å². The molecule has 0 aliphatic rings. The lowest BCUT2D eigenvalue weighted by Gasteiger charge is -2.00. The molecule has 0 aliphatic heterocycles. The van der Waals surface area contributed by atoms with Gasteiger partial charge in [0, 0.05) is 6.04 Å². The molecule has 54 valence electrons. The van der Waals surface area contributed by atoms with Crippen LogP contribution in [0.3, 0.4) is 0 Å². The Hall–Kier alpha value is -0.480. The summed E-state index contributed by atoms with van der Waals surface area (Å²) in [6, 6.07) is 3.63. The van der Waals surface area contributed by atoms with Gasteiger partial charge in [0.05, 0.1) is 5.69 Å². The number of nitrogens with zero attached hydrogens (tertiary/aromatic N) is 2. The molecule has 10 heavy (non-hydrogen) atoms. The van der Waals surface area contributed by atoms with E-state index in [9.17, 15) is 0 Å². The van der Waals surface area contributed by atoms with Gasteiger partial charge in [-0.1, -0.05) is 0 Å². The van der Waals surface area contributed by atoms with E-state index in [2.05, 4.69) is 26.1 Å². The number of hydrogen-bond acceptors (Lipinski definition) is 3. The quantitative estimate of drug-likeness (QED) is 0.745. The second kappa shape index (κ2) is 3.07. The normalized spacial score (nSPS) is 13.1. The molecule has 0 saturated carbocycles. The van der Waals surface area contributed by atoms with Gasteiger partial charge in [-0.2, -0.15) is 5.10 Å². The zero-order valence-corrected chi connectivity index (χ0v) is 7.17. The fourth-order valence-electron chi connectivity index (χ4n) is 0.569. The van der Waals surface area contributed by atoms with Crippen molar-refractivity contribution in [2.75, 3.05) is 0 Å². The highest BCUT2D eigenvalue weighted by Gasteiger charge is 1.99. The van der Waals surface area contributed by atoms with E-state index >= 15 is 0 Å². The van der Waals surface area contributed by atoms with Crippen molar-refractivity contribution in [2.24, 2.45) is 5.73 Å². The maximum absolute atomic E-state index is 5.55. The first-order valence-corrected chi connectivity index (χ1v) is 3.74. The molecule has 0 spiro atoms.